The van der Waals surface area contributed by atoms with Crippen molar-refractivity contribution < 1.29 is 19.8 Å². The van der Waals surface area contributed by atoms with E-state index in [0.29, 0.717) is 18.4 Å². The molecule has 12 heteroatoms. The molecule has 0 spiro atoms. The molecule has 314 valence electrons. The number of carbonyl (C=O) groups excluding carboxylic acids is 1. The summed E-state index contributed by atoms with van der Waals surface area (Å²) >= 11 is 0. The van der Waals surface area contributed by atoms with Crippen LogP contribution in [0.5, 0.6) is 0 Å². The monoisotopic (exact) mass is 802 g/mol. The van der Waals surface area contributed by atoms with Crippen LogP contribution in [0.25, 0.3) is 39.1 Å². The number of imidazole rings is 1. The molecule has 0 bridgehead atoms. The Morgan fingerprint density at radius 3 is 2.42 bits per heavy atom. The molecule has 7 unspecified atom stereocenters. The highest BCUT2D eigenvalue weighted by Crippen LogP contribution is 2.44. The average Bonchev–Trinajstić information content (AvgIpc) is 4.07. The molecule has 7 atom stereocenters. The van der Waals surface area contributed by atoms with E-state index in [1.807, 2.05) is 20.0 Å². The van der Waals surface area contributed by atoms with E-state index >= 15 is 0 Å². The Morgan fingerprint density at radius 2 is 1.69 bits per heavy atom. The van der Waals surface area contributed by atoms with Crippen molar-refractivity contribution in [1.82, 2.24) is 29.7 Å². The first-order valence-corrected chi connectivity index (χ1v) is 22.0. The Hall–Kier alpha value is -4.78. The molecule has 4 aliphatic rings. The molecule has 6 N–H and O–H groups in total. The Morgan fingerprint density at radius 1 is 0.949 bits per heavy atom. The maximum Gasteiger partial charge on any atom is 0.405 e. The number of fused-ring (bicyclic) bond motifs is 5. The van der Waals surface area contributed by atoms with Crippen molar-refractivity contribution in [3.8, 4) is 22.5 Å². The Bertz CT molecular complexity index is 2270. The average molecular weight is 803 g/mol. The summed E-state index contributed by atoms with van der Waals surface area (Å²) in [5, 5.41) is 24.3. The van der Waals surface area contributed by atoms with Crippen LogP contribution in [0.3, 0.4) is 0 Å². The smallest absolute Gasteiger partial charge is 0.405 e. The lowest BCUT2D eigenvalue weighted by molar-refractivity contribution is -0.135. The molecule has 4 aromatic rings. The Kier molecular flexibility index (Phi) is 11.6. The van der Waals surface area contributed by atoms with Gasteiger partial charge in [0, 0.05) is 70.9 Å². The minimum Gasteiger partial charge on any atom is -0.465 e. The zero-order valence-corrected chi connectivity index (χ0v) is 35.5. The second kappa shape index (κ2) is 16.7. The molecule has 6 heterocycles. The number of nitrogens with one attached hydrogen (secondary N) is 2. The first-order chi connectivity index (χ1) is 28.4. The molecule has 2 aromatic heterocycles. The zero-order chi connectivity index (χ0) is 41.7. The van der Waals surface area contributed by atoms with E-state index in [9.17, 15) is 19.8 Å². The Labute approximate surface area is 348 Å². The first-order valence-electron chi connectivity index (χ1n) is 22.0. The minimum absolute atomic E-state index is 0.0989. The predicted molar refractivity (Wildman–Crippen MR) is 234 cm³/mol. The third-order valence-electron chi connectivity index (χ3n) is 13.7. The molecule has 0 saturated carbocycles. The summed E-state index contributed by atoms with van der Waals surface area (Å²) in [6, 6.07) is 14.6. The number of carbonyl (C=O) groups is 2. The van der Waals surface area contributed by atoms with Gasteiger partial charge in [0.2, 0.25) is 5.91 Å². The van der Waals surface area contributed by atoms with Crippen molar-refractivity contribution in [2.75, 3.05) is 13.1 Å². The highest BCUT2D eigenvalue weighted by molar-refractivity contribution is 5.99. The molecule has 12 nitrogen and oxygen atoms in total. The van der Waals surface area contributed by atoms with Crippen LogP contribution in [0.2, 0.25) is 0 Å². The number of nitrogens with zero attached hydrogens (tertiary/aromatic N) is 5. The number of amides is 2. The number of aliphatic imine (C=N–C) groups is 1. The lowest BCUT2D eigenvalue weighted by atomic mass is 9.86. The highest BCUT2D eigenvalue weighted by atomic mass is 16.4. The fourth-order valence-electron chi connectivity index (χ4n) is 10.2. The lowest BCUT2D eigenvalue weighted by Gasteiger charge is -2.37. The van der Waals surface area contributed by atoms with Crippen LogP contribution < -0.4 is 11.1 Å². The second-order valence-corrected chi connectivity index (χ2v) is 18.0. The summed E-state index contributed by atoms with van der Waals surface area (Å²) in [6.07, 6.45) is 8.86. The number of aliphatic hydroxyl groups is 1. The van der Waals surface area contributed by atoms with Gasteiger partial charge in [0.05, 0.1) is 29.7 Å². The van der Waals surface area contributed by atoms with Crippen molar-refractivity contribution in [3.63, 3.8) is 0 Å². The van der Waals surface area contributed by atoms with Crippen LogP contribution in [0.15, 0.2) is 59.7 Å². The molecule has 2 saturated heterocycles. The molecular weight excluding hydrogens is 741 g/mol. The van der Waals surface area contributed by atoms with Gasteiger partial charge in [-0.1, -0.05) is 65.8 Å². The molecular formula is C47H62N8O4. The number of H-pyrrole nitrogens is 1. The van der Waals surface area contributed by atoms with Gasteiger partial charge in [-0.15, -0.1) is 0 Å². The summed E-state index contributed by atoms with van der Waals surface area (Å²) in [5.41, 5.74) is 16.8. The maximum absolute atomic E-state index is 13.6. The molecule has 2 fully saturated rings. The number of hydrogen-bond acceptors (Lipinski definition) is 7. The van der Waals surface area contributed by atoms with E-state index in [1.54, 1.807) is 4.90 Å². The number of aliphatic hydroxyl groups excluding tert-OH is 1. The number of aromatic nitrogens is 3. The normalized spacial score (nSPS) is 23.6. The van der Waals surface area contributed by atoms with Crippen molar-refractivity contribution in [3.05, 3.63) is 71.7 Å². The van der Waals surface area contributed by atoms with Crippen LogP contribution in [0.4, 0.5) is 4.79 Å². The topological polar surface area (TPSA) is 165 Å². The maximum atomic E-state index is 13.6. The number of aromatic amines is 1. The van der Waals surface area contributed by atoms with Crippen LogP contribution >= 0.6 is 0 Å². The van der Waals surface area contributed by atoms with Crippen LogP contribution in [-0.2, 0) is 11.3 Å². The van der Waals surface area contributed by atoms with Crippen LogP contribution in [0.1, 0.15) is 115 Å². The summed E-state index contributed by atoms with van der Waals surface area (Å²) in [7, 11) is 0. The van der Waals surface area contributed by atoms with E-state index in [1.165, 1.54) is 33.4 Å². The minimum atomic E-state index is -1.20. The number of benzene rings is 2. The largest absolute Gasteiger partial charge is 0.465 e. The molecule has 2 amide bonds. The second-order valence-electron chi connectivity index (χ2n) is 18.0. The third-order valence-corrected chi connectivity index (χ3v) is 13.7. The quantitative estimate of drug-likeness (QED) is 0.0965. The lowest BCUT2D eigenvalue weighted by Crippen LogP contribution is -2.54. The van der Waals surface area contributed by atoms with Gasteiger partial charge in [-0.25, -0.2) is 9.78 Å². The van der Waals surface area contributed by atoms with Crippen molar-refractivity contribution in [1.29, 1.82) is 0 Å². The summed E-state index contributed by atoms with van der Waals surface area (Å²) in [6.45, 7) is 14.7. The zero-order valence-electron chi connectivity index (χ0n) is 35.5. The fraction of sp³-hybridized carbons (Fsp3) is 0.532. The number of allylic oxidation sites excluding steroid dienone is 1. The number of hydrogen-bond donors (Lipinski definition) is 5. The van der Waals surface area contributed by atoms with Gasteiger partial charge in [-0.3, -0.25) is 14.7 Å². The summed E-state index contributed by atoms with van der Waals surface area (Å²) < 4.78 is 2.48. The summed E-state index contributed by atoms with van der Waals surface area (Å²) in [5.74, 6) is 1.22. The third kappa shape index (κ3) is 7.64. The van der Waals surface area contributed by atoms with E-state index in [4.69, 9.17) is 15.7 Å². The summed E-state index contributed by atoms with van der Waals surface area (Å²) in [4.78, 5) is 42.8. The van der Waals surface area contributed by atoms with Gasteiger partial charge in [0.1, 0.15) is 18.1 Å². The molecule has 8 rings (SSSR count). The van der Waals surface area contributed by atoms with Gasteiger partial charge < -0.3 is 35.7 Å². The van der Waals surface area contributed by atoms with Crippen molar-refractivity contribution in [2.24, 2.45) is 28.5 Å². The number of likely N-dealkylation sites (tertiary alicyclic amines) is 2. The van der Waals surface area contributed by atoms with Crippen molar-refractivity contribution >= 4 is 34.3 Å². The van der Waals surface area contributed by atoms with Gasteiger partial charge in [0.25, 0.3) is 0 Å². The first kappa shape index (κ1) is 41.0. The van der Waals surface area contributed by atoms with E-state index in [0.717, 1.165) is 86.4 Å². The van der Waals surface area contributed by atoms with Crippen molar-refractivity contribution in [2.45, 2.75) is 129 Å². The van der Waals surface area contributed by atoms with Gasteiger partial charge in [0.15, 0.2) is 0 Å². The number of rotatable bonds is 12. The highest BCUT2D eigenvalue weighted by Gasteiger charge is 2.40. The van der Waals surface area contributed by atoms with Crippen LogP contribution in [0, 0.1) is 17.8 Å². The van der Waals surface area contributed by atoms with Gasteiger partial charge >= 0.3 is 6.09 Å². The van der Waals surface area contributed by atoms with Crippen LogP contribution in [-0.4, -0.2) is 89.7 Å². The predicted octanol–water partition coefficient (Wildman–Crippen LogP) is 8.14. The van der Waals surface area contributed by atoms with Gasteiger partial charge in [-0.2, -0.15) is 0 Å². The van der Waals surface area contributed by atoms with E-state index in [2.05, 4.69) is 96.0 Å². The van der Waals surface area contributed by atoms with Gasteiger partial charge in [-0.05, 0) is 92.2 Å². The van der Waals surface area contributed by atoms with E-state index in [-0.39, 0.29) is 35.9 Å². The number of carboxylic acid groups (broad SMARTS) is 1. The SMILES string of the molecule is CCC1CC=C(c2ccc3c(c2)cc2n3CC(CC)c3cc(-c4cnc(C5CCCN5C(=O)C(NC(=O)O)C(C)C)[nH]4)ccc3-2)N=C1C1CCCN1C(O)C(N)C(C)C. The molecule has 59 heavy (non-hydrogen) atoms. The fourth-order valence-corrected chi connectivity index (χ4v) is 10.2. The molecule has 0 radical (unpaired) electrons. The van der Waals surface area contributed by atoms with E-state index < -0.39 is 18.4 Å². The molecule has 0 aliphatic carbocycles. The molecule has 4 aliphatic heterocycles. The molecule has 2 aromatic carbocycles. The number of nitrogens with two attached hydrogens (primary N) is 1. The Balaban J connectivity index is 1.06. The standard InChI is InChI=1S/C47H62N8O4/c1-7-28-14-17-35(50-43(28)38-11-9-19-53(38)45(56)41(48)26(3)4)30-15-18-37-32(21-30)23-40-33-16-13-31(22-34(33)29(8-2)25-55(37)40)36-24-49-44(51-36)39-12-10-20-54(39)46(57)42(27(5)6)52-47(58)59/h13,15-18,21-24,26-29,38-39,41-42,45,52,56H,7-12,14,19-20,25,48H2,1-6H3,(H,49,51)(H,58,59).